The maximum absolute atomic E-state index is 14.2. The van der Waals surface area contributed by atoms with Gasteiger partial charge in [-0.2, -0.15) is 0 Å². The van der Waals surface area contributed by atoms with Crippen molar-refractivity contribution in [2.45, 2.75) is 62.6 Å². The van der Waals surface area contributed by atoms with Crippen LogP contribution in [0.1, 0.15) is 55.6 Å². The predicted molar refractivity (Wildman–Crippen MR) is 136 cm³/mol. The van der Waals surface area contributed by atoms with Crippen LogP contribution in [-0.2, 0) is 6.54 Å². The van der Waals surface area contributed by atoms with Crippen LogP contribution in [0, 0.1) is 11.7 Å². The van der Waals surface area contributed by atoms with Gasteiger partial charge in [-0.1, -0.05) is 30.7 Å². The number of methoxy groups -OCH3 is 1. The van der Waals surface area contributed by atoms with E-state index < -0.39 is 0 Å². The van der Waals surface area contributed by atoms with Crippen molar-refractivity contribution in [3.63, 3.8) is 0 Å². The summed E-state index contributed by atoms with van der Waals surface area (Å²) in [4.78, 5) is 20.4. The lowest BCUT2D eigenvalue weighted by Gasteiger charge is -2.49. The molecule has 2 aromatic carbocycles. The minimum atomic E-state index is -0.206. The first-order valence-electron chi connectivity index (χ1n) is 13.0. The summed E-state index contributed by atoms with van der Waals surface area (Å²) in [7, 11) is 5.91. The molecule has 1 aliphatic heterocycles. The molecule has 3 fully saturated rings. The highest BCUT2D eigenvalue weighted by Gasteiger charge is 2.54. The number of carbonyl (C=O) groups excluding carboxylic acids is 1. The molecule has 3 atom stereocenters. The second-order valence-electron chi connectivity index (χ2n) is 11.1. The van der Waals surface area contributed by atoms with Crippen molar-refractivity contribution in [3.05, 3.63) is 65.5 Å². The monoisotopic (exact) mass is 479 g/mol. The zero-order valence-corrected chi connectivity index (χ0v) is 21.3. The topological polar surface area (TPSA) is 36.0 Å². The highest BCUT2D eigenvalue weighted by molar-refractivity contribution is 5.78. The van der Waals surface area contributed by atoms with Gasteiger partial charge in [-0.3, -0.25) is 0 Å². The van der Waals surface area contributed by atoms with E-state index in [2.05, 4.69) is 30.0 Å². The molecule has 5 nitrogen and oxygen atoms in total. The lowest BCUT2D eigenvalue weighted by molar-refractivity contribution is 0.0520. The van der Waals surface area contributed by atoms with Gasteiger partial charge in [0.2, 0.25) is 0 Å². The highest BCUT2D eigenvalue weighted by Crippen LogP contribution is 2.48. The third kappa shape index (κ3) is 4.77. The van der Waals surface area contributed by atoms with Crippen molar-refractivity contribution < 1.29 is 13.9 Å². The van der Waals surface area contributed by atoms with Crippen LogP contribution in [0.2, 0.25) is 0 Å². The number of likely N-dealkylation sites (N-methyl/N-ethyl adjacent to an activating group) is 1. The Morgan fingerprint density at radius 1 is 1.11 bits per heavy atom. The summed E-state index contributed by atoms with van der Waals surface area (Å²) in [6, 6.07) is 15.6. The number of benzene rings is 2. The van der Waals surface area contributed by atoms with E-state index in [-0.39, 0.29) is 23.3 Å². The number of hydrogen-bond donors (Lipinski definition) is 0. The minimum absolute atomic E-state index is 0.161. The Balaban J connectivity index is 1.44. The van der Waals surface area contributed by atoms with E-state index in [0.29, 0.717) is 18.5 Å². The molecule has 35 heavy (non-hydrogen) atoms. The maximum Gasteiger partial charge on any atom is 0.320 e. The Morgan fingerprint density at radius 3 is 2.51 bits per heavy atom. The fourth-order valence-electron chi connectivity index (χ4n) is 6.51. The molecule has 188 valence electrons. The van der Waals surface area contributed by atoms with E-state index in [1.165, 1.54) is 25.3 Å². The summed E-state index contributed by atoms with van der Waals surface area (Å²) < 4.78 is 19.5. The molecule has 6 heteroatoms. The third-order valence-corrected chi connectivity index (χ3v) is 8.67. The van der Waals surface area contributed by atoms with E-state index >= 15 is 0 Å². The molecule has 1 heterocycles. The molecule has 3 aliphatic rings. The van der Waals surface area contributed by atoms with Crippen LogP contribution in [-0.4, -0.2) is 66.6 Å². The first-order chi connectivity index (χ1) is 16.9. The Kier molecular flexibility index (Phi) is 6.75. The number of carbonyl (C=O) groups is 1. The lowest BCUT2D eigenvalue weighted by Crippen LogP contribution is -2.55. The number of ether oxygens (including phenoxy) is 1. The zero-order chi connectivity index (χ0) is 24.6. The van der Waals surface area contributed by atoms with E-state index in [0.717, 1.165) is 49.2 Å². The summed E-state index contributed by atoms with van der Waals surface area (Å²) in [6.45, 7) is 2.18. The summed E-state index contributed by atoms with van der Waals surface area (Å²) in [6.07, 6.45) is 6.55. The van der Waals surface area contributed by atoms with Gasteiger partial charge in [-0.25, -0.2) is 9.18 Å². The van der Waals surface area contributed by atoms with Crippen LogP contribution in [0.15, 0.2) is 48.5 Å². The van der Waals surface area contributed by atoms with Crippen molar-refractivity contribution in [2.75, 3.05) is 34.3 Å². The SMILES string of the molecule is COc1ccc(CN2C[C@@]3(CC[C@@H](N(C)C)C(c4cccc(F)c4)C3)N(CC3CCC3)C2=O)cc1. The van der Waals surface area contributed by atoms with Crippen LogP contribution in [0.5, 0.6) is 5.75 Å². The van der Waals surface area contributed by atoms with Crippen LogP contribution in [0.3, 0.4) is 0 Å². The molecule has 1 spiro atoms. The smallest absolute Gasteiger partial charge is 0.320 e. The Morgan fingerprint density at radius 2 is 1.89 bits per heavy atom. The number of urea groups is 1. The summed E-state index contributed by atoms with van der Waals surface area (Å²) in [5.41, 5.74) is 1.96. The number of halogens is 1. The van der Waals surface area contributed by atoms with Gasteiger partial charge in [0.15, 0.2) is 0 Å². The normalized spacial score (nSPS) is 27.1. The van der Waals surface area contributed by atoms with Crippen molar-refractivity contribution in [1.82, 2.24) is 14.7 Å². The number of nitrogens with zero attached hydrogens (tertiary/aromatic N) is 3. The fourth-order valence-corrected chi connectivity index (χ4v) is 6.51. The minimum Gasteiger partial charge on any atom is -0.497 e. The van der Waals surface area contributed by atoms with Crippen molar-refractivity contribution in [3.8, 4) is 5.75 Å². The number of amides is 2. The molecule has 1 unspecified atom stereocenters. The Labute approximate surface area is 208 Å². The van der Waals surface area contributed by atoms with Crippen molar-refractivity contribution >= 4 is 6.03 Å². The molecule has 2 aliphatic carbocycles. The van der Waals surface area contributed by atoms with Gasteiger partial charge >= 0.3 is 6.03 Å². The second kappa shape index (κ2) is 9.81. The first kappa shape index (κ1) is 24.1. The zero-order valence-electron chi connectivity index (χ0n) is 21.3. The molecule has 2 saturated carbocycles. The van der Waals surface area contributed by atoms with E-state index in [1.54, 1.807) is 13.2 Å². The van der Waals surface area contributed by atoms with Gasteiger partial charge < -0.3 is 19.4 Å². The fraction of sp³-hybridized carbons (Fsp3) is 0.552. The molecule has 5 rings (SSSR count). The molecular weight excluding hydrogens is 441 g/mol. The number of rotatable bonds is 7. The molecule has 0 bridgehead atoms. The summed E-state index contributed by atoms with van der Waals surface area (Å²) >= 11 is 0. The Bertz CT molecular complexity index is 1040. The summed E-state index contributed by atoms with van der Waals surface area (Å²) in [5.74, 6) is 1.43. The highest BCUT2D eigenvalue weighted by atomic mass is 19.1. The first-order valence-corrected chi connectivity index (χ1v) is 13.0. The van der Waals surface area contributed by atoms with Gasteiger partial charge in [-0.15, -0.1) is 0 Å². The van der Waals surface area contributed by atoms with Crippen LogP contribution in [0.4, 0.5) is 9.18 Å². The van der Waals surface area contributed by atoms with Crippen LogP contribution < -0.4 is 4.74 Å². The molecule has 0 N–H and O–H groups in total. The average Bonchev–Trinajstić information content (AvgIpc) is 3.06. The molecular formula is C29H38FN3O2. The predicted octanol–water partition coefficient (Wildman–Crippen LogP) is 5.51. The Hall–Kier alpha value is -2.60. The van der Waals surface area contributed by atoms with Crippen LogP contribution >= 0.6 is 0 Å². The van der Waals surface area contributed by atoms with E-state index in [1.807, 2.05) is 35.2 Å². The lowest BCUT2D eigenvalue weighted by atomic mass is 9.69. The molecule has 2 amide bonds. The van der Waals surface area contributed by atoms with Gasteiger partial charge in [0.05, 0.1) is 12.6 Å². The maximum atomic E-state index is 14.2. The van der Waals surface area contributed by atoms with Gasteiger partial charge in [0, 0.05) is 31.6 Å². The standard InChI is InChI=1S/C29H38FN3O2/c1-31(2)27-14-15-29(17-26(27)23-8-5-9-24(30)16-23)20-32(18-22-10-12-25(35-3)13-11-22)28(34)33(29)19-21-6-4-7-21/h5,8-13,16,21,26-27H,4,6-7,14-15,17-20H2,1-3H3/t26?,27-,29+/m1/s1. The molecule has 2 aromatic rings. The molecule has 1 saturated heterocycles. The average molecular weight is 480 g/mol. The van der Waals surface area contributed by atoms with Gasteiger partial charge in [0.25, 0.3) is 0 Å². The molecule has 0 aromatic heterocycles. The van der Waals surface area contributed by atoms with Gasteiger partial charge in [-0.05, 0) is 87.5 Å². The third-order valence-electron chi connectivity index (χ3n) is 8.67. The van der Waals surface area contributed by atoms with Crippen LogP contribution in [0.25, 0.3) is 0 Å². The van der Waals surface area contributed by atoms with Crippen molar-refractivity contribution in [1.29, 1.82) is 0 Å². The quantitative estimate of drug-likeness (QED) is 0.526. The summed E-state index contributed by atoms with van der Waals surface area (Å²) in [5, 5.41) is 0. The largest absolute Gasteiger partial charge is 0.497 e. The van der Waals surface area contributed by atoms with E-state index in [9.17, 15) is 9.18 Å². The van der Waals surface area contributed by atoms with E-state index in [4.69, 9.17) is 4.74 Å². The van der Waals surface area contributed by atoms with Gasteiger partial charge in [0.1, 0.15) is 11.6 Å². The second-order valence-corrected chi connectivity index (χ2v) is 11.1. The number of hydrogen-bond acceptors (Lipinski definition) is 3. The van der Waals surface area contributed by atoms with Crippen molar-refractivity contribution in [2.24, 2.45) is 5.92 Å². The molecule has 0 radical (unpaired) electrons.